The number of aromatic nitrogens is 4. The summed E-state index contributed by atoms with van der Waals surface area (Å²) in [4.78, 5) is 26.9. The fraction of sp³-hybridized carbons (Fsp3) is 0.296. The van der Waals surface area contributed by atoms with Crippen LogP contribution in [0.1, 0.15) is 38.4 Å². The lowest BCUT2D eigenvalue weighted by Crippen LogP contribution is -2.42. The van der Waals surface area contributed by atoms with Crippen LogP contribution < -0.4 is 4.90 Å². The summed E-state index contributed by atoms with van der Waals surface area (Å²) in [6, 6.07) is 7.24. The van der Waals surface area contributed by atoms with Crippen molar-refractivity contribution in [3.63, 3.8) is 0 Å². The van der Waals surface area contributed by atoms with Crippen molar-refractivity contribution in [2.75, 3.05) is 29.5 Å². The Morgan fingerprint density at radius 3 is 2.20 bits per heavy atom. The maximum Gasteiger partial charge on any atom is 0.416 e. The van der Waals surface area contributed by atoms with Gasteiger partial charge in [-0.25, -0.2) is 13.1 Å². The Bertz CT molecular complexity index is 1840. The first kappa shape index (κ1) is 32.2. The van der Waals surface area contributed by atoms with Crippen LogP contribution >= 0.6 is 11.6 Å². The second kappa shape index (κ2) is 11.9. The molecule has 4 aromatic rings. The van der Waals surface area contributed by atoms with Gasteiger partial charge in [0.2, 0.25) is 5.78 Å². The zero-order valence-electron chi connectivity index (χ0n) is 22.7. The molecule has 1 aliphatic rings. The summed E-state index contributed by atoms with van der Waals surface area (Å²) in [6.07, 6.45) is -10.1. The molecule has 0 unspecified atom stereocenters. The number of alkyl halides is 6. The predicted octanol–water partition coefficient (Wildman–Crippen LogP) is 4.88. The van der Waals surface area contributed by atoms with Crippen LogP contribution in [0.25, 0.3) is 11.3 Å². The van der Waals surface area contributed by atoms with E-state index in [2.05, 4.69) is 15.5 Å². The summed E-state index contributed by atoms with van der Waals surface area (Å²) < 4.78 is 112. The predicted molar refractivity (Wildman–Crippen MR) is 147 cm³/mol. The van der Waals surface area contributed by atoms with E-state index < -0.39 is 56.9 Å². The molecule has 0 saturated carbocycles. The third kappa shape index (κ3) is 6.73. The van der Waals surface area contributed by atoms with Crippen LogP contribution in [-0.4, -0.2) is 65.2 Å². The van der Waals surface area contributed by atoms with E-state index in [1.54, 1.807) is 12.1 Å². The number of nitrogens with zero attached hydrogens (tertiary/aromatic N) is 5. The van der Waals surface area contributed by atoms with Crippen LogP contribution in [0.2, 0.25) is 5.02 Å². The Balaban J connectivity index is 1.66. The molecular formula is C27H20ClF6N5O5S. The van der Waals surface area contributed by atoms with Gasteiger partial charge in [-0.15, -0.1) is 5.10 Å². The molecule has 0 amide bonds. The Hall–Kier alpha value is -4.25. The molecule has 0 atom stereocenters. The number of halogens is 7. The van der Waals surface area contributed by atoms with Crippen LogP contribution in [0.15, 0.2) is 47.0 Å². The molecule has 0 aliphatic carbocycles. The number of sulfone groups is 1. The van der Waals surface area contributed by atoms with E-state index in [-0.39, 0.29) is 70.5 Å². The molecule has 2 aromatic heterocycles. The first-order valence-electron chi connectivity index (χ1n) is 13.0. The maximum atomic E-state index is 14.1. The monoisotopic (exact) mass is 675 g/mol. The van der Waals surface area contributed by atoms with Crippen LogP contribution in [0.3, 0.4) is 0 Å². The van der Waals surface area contributed by atoms with Crippen LogP contribution in [0, 0.1) is 0 Å². The molecule has 5 rings (SSSR count). The molecular weight excluding hydrogens is 656 g/mol. The molecule has 0 bridgehead atoms. The smallest absolute Gasteiger partial charge is 0.355 e. The van der Waals surface area contributed by atoms with Gasteiger partial charge in [0.05, 0.1) is 39.8 Å². The number of aldehydes is 1. The Kier molecular flexibility index (Phi) is 8.52. The molecule has 1 fully saturated rings. The van der Waals surface area contributed by atoms with E-state index >= 15 is 0 Å². The van der Waals surface area contributed by atoms with Crippen molar-refractivity contribution < 1.29 is 48.9 Å². The molecule has 10 nitrogen and oxygen atoms in total. The second-order valence-electron chi connectivity index (χ2n) is 9.99. The Labute approximate surface area is 255 Å². The number of rotatable bonds is 8. The quantitative estimate of drug-likeness (QED) is 0.146. The summed E-state index contributed by atoms with van der Waals surface area (Å²) in [5.74, 6) is -1.91. The average Bonchev–Trinajstić information content (AvgIpc) is 3.56. The van der Waals surface area contributed by atoms with E-state index in [0.29, 0.717) is 18.4 Å². The third-order valence-corrected chi connectivity index (χ3v) is 8.87. The fourth-order valence-electron chi connectivity index (χ4n) is 4.81. The van der Waals surface area contributed by atoms with Gasteiger partial charge in [0.25, 0.3) is 0 Å². The van der Waals surface area contributed by atoms with E-state index in [1.807, 2.05) is 0 Å². The van der Waals surface area contributed by atoms with Gasteiger partial charge in [0.1, 0.15) is 12.0 Å². The summed E-state index contributed by atoms with van der Waals surface area (Å²) in [7, 11) is -3.47. The van der Waals surface area contributed by atoms with Crippen LogP contribution in [0.5, 0.6) is 0 Å². The maximum absolute atomic E-state index is 14.1. The summed E-state index contributed by atoms with van der Waals surface area (Å²) >= 11 is 6.31. The Morgan fingerprint density at radius 2 is 1.62 bits per heavy atom. The van der Waals surface area contributed by atoms with Gasteiger partial charge in [0, 0.05) is 25.1 Å². The Morgan fingerprint density at radius 1 is 1.00 bits per heavy atom. The number of ketones is 1. The number of carbonyl (C=O) groups excluding carboxylic acids is 2. The van der Waals surface area contributed by atoms with Crippen LogP contribution in [0.4, 0.5) is 32.2 Å². The van der Waals surface area contributed by atoms with Crippen molar-refractivity contribution in [3.05, 3.63) is 81.1 Å². The highest BCUT2D eigenvalue weighted by Gasteiger charge is 2.38. The van der Waals surface area contributed by atoms with Crippen molar-refractivity contribution in [1.29, 1.82) is 0 Å². The molecule has 1 aliphatic heterocycles. The molecule has 45 heavy (non-hydrogen) atoms. The fourth-order valence-corrected chi connectivity index (χ4v) is 6.23. The first-order valence-corrected chi connectivity index (χ1v) is 15.2. The second-order valence-corrected chi connectivity index (χ2v) is 12.7. The van der Waals surface area contributed by atoms with Crippen LogP contribution in [-0.2, 0) is 39.9 Å². The van der Waals surface area contributed by atoms with E-state index in [1.165, 1.54) is 17.0 Å². The zero-order valence-corrected chi connectivity index (χ0v) is 24.3. The number of anilines is 1. The summed E-state index contributed by atoms with van der Waals surface area (Å²) in [6.45, 7) is -1.07. The normalized spacial score (nSPS) is 15.3. The van der Waals surface area contributed by atoms with Gasteiger partial charge in [0.15, 0.2) is 27.1 Å². The number of benzene rings is 2. The minimum atomic E-state index is -5.11. The number of hydrogen-bond donors (Lipinski definition) is 0. The average molecular weight is 676 g/mol. The SMILES string of the molecule is O=CCc1noc(-c2ccccc2Cl)c1C(=O)c1nnn(Cc2cc(C(F)(F)F)cc(C(F)(F)F)c2)c1N1CCS(=O)(=O)CC1. The van der Waals surface area contributed by atoms with Gasteiger partial charge in [-0.2, -0.15) is 26.3 Å². The van der Waals surface area contributed by atoms with Gasteiger partial charge < -0.3 is 14.2 Å². The highest BCUT2D eigenvalue weighted by Crippen LogP contribution is 2.38. The molecule has 0 N–H and O–H groups in total. The van der Waals surface area contributed by atoms with Gasteiger partial charge in [-0.3, -0.25) is 4.79 Å². The number of hydrogen-bond acceptors (Lipinski definition) is 9. The molecule has 0 radical (unpaired) electrons. The number of carbonyl (C=O) groups is 2. The summed E-state index contributed by atoms with van der Waals surface area (Å²) in [5.41, 5.74) is -4.10. The van der Waals surface area contributed by atoms with Gasteiger partial charge >= 0.3 is 12.4 Å². The standard InChI is InChI=1S/C27H20ClF6N5O5S/c28-19-4-2-1-3-18(19)24-21(20(5-8-40)36-44-24)23(41)22-25(38-6-9-45(42,43)10-7-38)39(37-35-22)14-15-11-16(26(29,30)31)13-17(12-15)27(32,33)34/h1-4,8,11-13H,5-7,9-10,14H2. The highest BCUT2D eigenvalue weighted by atomic mass is 35.5. The van der Waals surface area contributed by atoms with Crippen molar-refractivity contribution in [2.45, 2.75) is 25.3 Å². The van der Waals surface area contributed by atoms with E-state index in [9.17, 15) is 44.3 Å². The lowest BCUT2D eigenvalue weighted by Gasteiger charge is -2.29. The van der Waals surface area contributed by atoms with Crippen molar-refractivity contribution >= 4 is 39.3 Å². The first-order chi connectivity index (χ1) is 21.1. The van der Waals surface area contributed by atoms with E-state index in [4.69, 9.17) is 16.1 Å². The molecule has 0 spiro atoms. The van der Waals surface area contributed by atoms with E-state index in [0.717, 1.165) is 4.68 Å². The molecule has 18 heteroatoms. The third-order valence-electron chi connectivity index (χ3n) is 6.93. The molecule has 2 aromatic carbocycles. The minimum Gasteiger partial charge on any atom is -0.355 e. The lowest BCUT2D eigenvalue weighted by atomic mass is 9.99. The van der Waals surface area contributed by atoms with Gasteiger partial charge in [-0.05, 0) is 35.9 Å². The lowest BCUT2D eigenvalue weighted by molar-refractivity contribution is -0.143. The molecule has 1 saturated heterocycles. The summed E-state index contributed by atoms with van der Waals surface area (Å²) in [5, 5.41) is 11.8. The van der Waals surface area contributed by atoms with Crippen molar-refractivity contribution in [2.24, 2.45) is 0 Å². The van der Waals surface area contributed by atoms with Gasteiger partial charge in [-0.1, -0.05) is 34.1 Å². The van der Waals surface area contributed by atoms with Crippen molar-refractivity contribution in [3.8, 4) is 11.3 Å². The topological polar surface area (TPSA) is 128 Å². The van der Waals surface area contributed by atoms with Crippen molar-refractivity contribution in [1.82, 2.24) is 20.2 Å². The largest absolute Gasteiger partial charge is 0.416 e. The molecule has 238 valence electrons. The highest BCUT2D eigenvalue weighted by molar-refractivity contribution is 7.91. The zero-order chi connectivity index (χ0) is 32.7. The molecule has 3 heterocycles. The minimum absolute atomic E-state index is 0.0209.